The molecule has 1 saturated carbocycles. The molecule has 0 unspecified atom stereocenters. The van der Waals surface area contributed by atoms with Gasteiger partial charge in [-0.3, -0.25) is 14.9 Å². The highest BCUT2D eigenvalue weighted by Gasteiger charge is 2.28. The number of carboxylic acids is 1. The third-order valence-electron chi connectivity index (χ3n) is 2.37. The monoisotopic (exact) mass is 287 g/mol. The Balaban J connectivity index is 1.99. The molecule has 1 fully saturated rings. The Morgan fingerprint density at radius 3 is 2.30 bits per heavy atom. The SMILES string of the molecule is O=C(O)COCC(=O)NC(=O)NCCNC(=O)C1CC1. The van der Waals surface area contributed by atoms with E-state index in [1.807, 2.05) is 5.32 Å². The number of amides is 4. The van der Waals surface area contributed by atoms with Gasteiger partial charge in [0.15, 0.2) is 0 Å². The summed E-state index contributed by atoms with van der Waals surface area (Å²) in [6.45, 7) is -0.652. The maximum Gasteiger partial charge on any atom is 0.329 e. The number of carboxylic acid groups (broad SMARTS) is 1. The number of urea groups is 1. The van der Waals surface area contributed by atoms with E-state index in [-0.39, 0.29) is 24.9 Å². The summed E-state index contributed by atoms with van der Waals surface area (Å²) in [7, 11) is 0. The van der Waals surface area contributed by atoms with E-state index in [1.54, 1.807) is 0 Å². The summed E-state index contributed by atoms with van der Waals surface area (Å²) >= 11 is 0. The predicted molar refractivity (Wildman–Crippen MR) is 65.7 cm³/mol. The lowest BCUT2D eigenvalue weighted by Gasteiger charge is -2.07. The van der Waals surface area contributed by atoms with E-state index in [2.05, 4.69) is 15.4 Å². The Kier molecular flexibility index (Phi) is 6.44. The standard InChI is InChI=1S/C11H17N3O6/c15-8(5-20-6-9(16)17)14-11(19)13-4-3-12-10(18)7-1-2-7/h7H,1-6H2,(H,12,18)(H,16,17)(H2,13,14,15,19). The van der Waals surface area contributed by atoms with Crippen LogP contribution in [0.5, 0.6) is 0 Å². The van der Waals surface area contributed by atoms with Crippen LogP contribution in [0.1, 0.15) is 12.8 Å². The molecule has 0 radical (unpaired) electrons. The Bertz CT molecular complexity index is 394. The van der Waals surface area contributed by atoms with Gasteiger partial charge in [-0.2, -0.15) is 0 Å². The smallest absolute Gasteiger partial charge is 0.329 e. The second-order valence-corrected chi connectivity index (χ2v) is 4.26. The van der Waals surface area contributed by atoms with Gasteiger partial charge in [-0.05, 0) is 12.8 Å². The van der Waals surface area contributed by atoms with Crippen molar-refractivity contribution in [2.45, 2.75) is 12.8 Å². The number of carbonyl (C=O) groups excluding carboxylic acids is 3. The number of ether oxygens (including phenoxy) is 1. The van der Waals surface area contributed by atoms with Crippen molar-refractivity contribution < 1.29 is 29.0 Å². The zero-order chi connectivity index (χ0) is 15.0. The number of rotatable bonds is 8. The van der Waals surface area contributed by atoms with E-state index in [9.17, 15) is 19.2 Å². The molecule has 112 valence electrons. The van der Waals surface area contributed by atoms with E-state index in [0.717, 1.165) is 12.8 Å². The van der Waals surface area contributed by atoms with Gasteiger partial charge in [0, 0.05) is 19.0 Å². The van der Waals surface area contributed by atoms with Crippen LogP contribution < -0.4 is 16.0 Å². The molecule has 0 atom stereocenters. The first-order valence-electron chi connectivity index (χ1n) is 6.14. The Labute approximate surface area is 115 Å². The van der Waals surface area contributed by atoms with Crippen LogP contribution in [0.25, 0.3) is 0 Å². The highest BCUT2D eigenvalue weighted by molar-refractivity contribution is 5.94. The van der Waals surface area contributed by atoms with Gasteiger partial charge in [0.2, 0.25) is 5.91 Å². The number of hydrogen-bond acceptors (Lipinski definition) is 5. The molecule has 0 aromatic heterocycles. The van der Waals surface area contributed by atoms with Crippen LogP contribution in [0.4, 0.5) is 4.79 Å². The lowest BCUT2D eigenvalue weighted by Crippen LogP contribution is -2.44. The molecule has 9 heteroatoms. The van der Waals surface area contributed by atoms with Gasteiger partial charge in [0.05, 0.1) is 0 Å². The summed E-state index contributed by atoms with van der Waals surface area (Å²) < 4.78 is 4.50. The van der Waals surface area contributed by atoms with Crippen LogP contribution in [0, 0.1) is 5.92 Å². The van der Waals surface area contributed by atoms with Crippen molar-refractivity contribution in [3.8, 4) is 0 Å². The maximum absolute atomic E-state index is 11.2. The molecule has 4 amide bonds. The summed E-state index contributed by atoms with van der Waals surface area (Å²) in [5, 5.41) is 15.2. The molecule has 0 aliphatic heterocycles. The fourth-order valence-corrected chi connectivity index (χ4v) is 1.29. The van der Waals surface area contributed by atoms with Gasteiger partial charge >= 0.3 is 12.0 Å². The van der Waals surface area contributed by atoms with Crippen molar-refractivity contribution in [1.29, 1.82) is 0 Å². The lowest BCUT2D eigenvalue weighted by atomic mass is 10.4. The number of imide groups is 1. The van der Waals surface area contributed by atoms with Crippen molar-refractivity contribution in [2.75, 3.05) is 26.3 Å². The molecule has 1 aliphatic carbocycles. The first kappa shape index (κ1) is 15.9. The molecule has 0 bridgehead atoms. The molecule has 20 heavy (non-hydrogen) atoms. The maximum atomic E-state index is 11.2. The average molecular weight is 287 g/mol. The first-order chi connectivity index (χ1) is 9.49. The van der Waals surface area contributed by atoms with Crippen LogP contribution >= 0.6 is 0 Å². The molecule has 0 spiro atoms. The molecule has 0 saturated heterocycles. The number of aliphatic carboxylic acids is 1. The van der Waals surface area contributed by atoms with Gasteiger partial charge in [-0.1, -0.05) is 0 Å². The highest BCUT2D eigenvalue weighted by Crippen LogP contribution is 2.28. The van der Waals surface area contributed by atoms with Gasteiger partial charge in [-0.25, -0.2) is 9.59 Å². The minimum Gasteiger partial charge on any atom is -0.480 e. The molecule has 4 N–H and O–H groups in total. The lowest BCUT2D eigenvalue weighted by molar-refractivity contribution is -0.143. The summed E-state index contributed by atoms with van der Waals surface area (Å²) in [5.74, 6) is -1.86. The van der Waals surface area contributed by atoms with Crippen LogP contribution in [0.15, 0.2) is 0 Å². The van der Waals surface area contributed by atoms with Crippen molar-refractivity contribution in [3.63, 3.8) is 0 Å². The van der Waals surface area contributed by atoms with Gasteiger partial charge in [-0.15, -0.1) is 0 Å². The van der Waals surface area contributed by atoms with Crippen LogP contribution in [-0.2, 0) is 19.1 Å². The molecule has 1 rings (SSSR count). The third kappa shape index (κ3) is 7.31. The fourth-order valence-electron chi connectivity index (χ4n) is 1.29. The molecule has 0 aromatic rings. The minimum absolute atomic E-state index is 0.0228. The normalized spacial score (nSPS) is 13.4. The highest BCUT2D eigenvalue weighted by atomic mass is 16.5. The largest absolute Gasteiger partial charge is 0.480 e. The van der Waals surface area contributed by atoms with Gasteiger partial charge in [0.25, 0.3) is 5.91 Å². The number of hydrogen-bond donors (Lipinski definition) is 4. The number of carbonyl (C=O) groups is 4. The minimum atomic E-state index is -1.20. The quantitative estimate of drug-likeness (QED) is 0.399. The third-order valence-corrected chi connectivity index (χ3v) is 2.37. The summed E-state index contributed by atoms with van der Waals surface area (Å²) in [4.78, 5) is 43.7. The predicted octanol–water partition coefficient (Wildman–Crippen LogP) is -1.56. The van der Waals surface area contributed by atoms with Crippen LogP contribution in [0.2, 0.25) is 0 Å². The Morgan fingerprint density at radius 2 is 1.70 bits per heavy atom. The van der Waals surface area contributed by atoms with E-state index >= 15 is 0 Å². The molecular formula is C11H17N3O6. The molecule has 0 aromatic carbocycles. The average Bonchev–Trinajstić information content (AvgIpc) is 3.17. The van der Waals surface area contributed by atoms with Crippen LogP contribution in [-0.4, -0.2) is 55.2 Å². The van der Waals surface area contributed by atoms with Crippen molar-refractivity contribution in [2.24, 2.45) is 5.92 Å². The fraction of sp³-hybridized carbons (Fsp3) is 0.636. The number of nitrogens with one attached hydrogen (secondary N) is 3. The first-order valence-corrected chi connectivity index (χ1v) is 6.14. The van der Waals surface area contributed by atoms with E-state index in [4.69, 9.17) is 5.11 Å². The van der Waals surface area contributed by atoms with Crippen LogP contribution in [0.3, 0.4) is 0 Å². The summed E-state index contributed by atoms with van der Waals surface area (Å²) in [5.41, 5.74) is 0. The molecule has 0 heterocycles. The van der Waals surface area contributed by atoms with Gasteiger partial charge < -0.3 is 20.5 Å². The molecular weight excluding hydrogens is 270 g/mol. The van der Waals surface area contributed by atoms with Crippen molar-refractivity contribution in [3.05, 3.63) is 0 Å². The van der Waals surface area contributed by atoms with Gasteiger partial charge in [0.1, 0.15) is 13.2 Å². The van der Waals surface area contributed by atoms with Crippen molar-refractivity contribution >= 4 is 23.8 Å². The molecule has 9 nitrogen and oxygen atoms in total. The zero-order valence-electron chi connectivity index (χ0n) is 10.8. The second kappa shape index (κ2) is 8.10. The van der Waals surface area contributed by atoms with E-state index in [0.29, 0.717) is 0 Å². The second-order valence-electron chi connectivity index (χ2n) is 4.26. The van der Waals surface area contributed by atoms with Crippen molar-refractivity contribution in [1.82, 2.24) is 16.0 Å². The van der Waals surface area contributed by atoms with E-state index < -0.39 is 31.1 Å². The summed E-state index contributed by atoms with van der Waals surface area (Å²) in [6, 6.07) is -0.727. The zero-order valence-corrected chi connectivity index (χ0v) is 10.8. The Hall–Kier alpha value is -2.16. The van der Waals surface area contributed by atoms with E-state index in [1.165, 1.54) is 0 Å². The Morgan fingerprint density at radius 1 is 1.05 bits per heavy atom. The summed E-state index contributed by atoms with van der Waals surface area (Å²) in [6.07, 6.45) is 1.81. The molecule has 1 aliphatic rings. The topological polar surface area (TPSA) is 134 Å².